The maximum Gasteiger partial charge on any atom is 0.417 e. The smallest absolute Gasteiger partial charge is 0.380 e. The average Bonchev–Trinajstić information content (AvgIpc) is 2.86. The Balaban J connectivity index is 1.91. The molecule has 0 unspecified atom stereocenters. The summed E-state index contributed by atoms with van der Waals surface area (Å²) in [5.41, 5.74) is 1.95. The van der Waals surface area contributed by atoms with Crippen LogP contribution in [0.25, 0.3) is 0 Å². The van der Waals surface area contributed by atoms with Crippen LogP contribution in [-0.2, 0) is 17.6 Å². The van der Waals surface area contributed by atoms with Crippen LogP contribution in [0.15, 0.2) is 6.07 Å². The molecule has 1 aromatic rings. The molecule has 1 heterocycles. The third-order valence-electron chi connectivity index (χ3n) is 3.98. The van der Waals surface area contributed by atoms with E-state index in [1.54, 1.807) is 6.07 Å². The van der Waals surface area contributed by atoms with Gasteiger partial charge in [-0.2, -0.15) is 13.2 Å². The number of nitrogens with one attached hydrogen (secondary N) is 2. The van der Waals surface area contributed by atoms with Gasteiger partial charge >= 0.3 is 6.18 Å². The first-order chi connectivity index (χ1) is 11.0. The predicted molar refractivity (Wildman–Crippen MR) is 82.4 cm³/mol. The minimum Gasteiger partial charge on any atom is -0.380 e. The molecule has 0 aliphatic heterocycles. The van der Waals surface area contributed by atoms with E-state index in [9.17, 15) is 27.9 Å². The van der Waals surface area contributed by atoms with Crippen molar-refractivity contribution in [1.82, 2.24) is 10.9 Å². The van der Waals surface area contributed by atoms with E-state index in [0.29, 0.717) is 17.7 Å². The summed E-state index contributed by atoms with van der Waals surface area (Å²) in [6.45, 7) is 2.63. The molecule has 0 saturated carbocycles. The standard InChI is InChI=1S/C15H19F3N2O3S/c1-8-3-4-10-9(5-8)6-11(24-10)13(22)20-19-12(21)7-14(2,23)15(16,17)18/h6,8,23H,3-5,7H2,1-2H3,(H,19,21)(H,20,22)/t8-,14+/m1/s1. The summed E-state index contributed by atoms with van der Waals surface area (Å²) in [5.74, 6) is -1.16. The van der Waals surface area contributed by atoms with Crippen LogP contribution in [0.2, 0.25) is 0 Å². The van der Waals surface area contributed by atoms with Crippen molar-refractivity contribution in [3.63, 3.8) is 0 Å². The van der Waals surface area contributed by atoms with Crippen molar-refractivity contribution in [3.05, 3.63) is 21.4 Å². The van der Waals surface area contributed by atoms with E-state index in [1.807, 2.05) is 5.43 Å². The van der Waals surface area contributed by atoms with Gasteiger partial charge in [0.2, 0.25) is 5.91 Å². The lowest BCUT2D eigenvalue weighted by molar-refractivity contribution is -0.253. The number of hydrogen-bond acceptors (Lipinski definition) is 4. The summed E-state index contributed by atoms with van der Waals surface area (Å²) >= 11 is 1.32. The second-order valence-corrected chi connectivity index (χ2v) is 7.49. The zero-order valence-electron chi connectivity index (χ0n) is 13.3. The molecule has 0 radical (unpaired) electrons. The van der Waals surface area contributed by atoms with Gasteiger partial charge in [0, 0.05) is 4.88 Å². The van der Waals surface area contributed by atoms with E-state index in [-0.39, 0.29) is 0 Å². The average molecular weight is 364 g/mol. The van der Waals surface area contributed by atoms with Crippen LogP contribution in [0.3, 0.4) is 0 Å². The van der Waals surface area contributed by atoms with Crippen LogP contribution in [0.4, 0.5) is 13.2 Å². The Kier molecular flexibility index (Phi) is 5.24. The molecule has 0 spiro atoms. The zero-order chi connectivity index (χ0) is 18.1. The summed E-state index contributed by atoms with van der Waals surface area (Å²) in [4.78, 5) is 25.0. The Bertz CT molecular complexity index is 640. The van der Waals surface area contributed by atoms with Gasteiger partial charge in [-0.3, -0.25) is 20.4 Å². The van der Waals surface area contributed by atoms with Crippen LogP contribution in [0, 0.1) is 5.92 Å². The Labute approximate surface area is 141 Å². The summed E-state index contributed by atoms with van der Waals surface area (Å²) < 4.78 is 37.5. The van der Waals surface area contributed by atoms with E-state index in [4.69, 9.17) is 0 Å². The molecule has 0 aromatic carbocycles. The van der Waals surface area contributed by atoms with E-state index >= 15 is 0 Å². The molecular weight excluding hydrogens is 345 g/mol. The summed E-state index contributed by atoms with van der Waals surface area (Å²) in [7, 11) is 0. The Hall–Kier alpha value is -1.61. The molecule has 2 rings (SSSR count). The van der Waals surface area contributed by atoms with Gasteiger partial charge < -0.3 is 5.11 Å². The molecule has 9 heteroatoms. The second-order valence-electron chi connectivity index (χ2n) is 6.36. The van der Waals surface area contributed by atoms with Crippen LogP contribution in [0.1, 0.15) is 46.8 Å². The quantitative estimate of drug-likeness (QED) is 0.721. The van der Waals surface area contributed by atoms with E-state index < -0.39 is 30.0 Å². The van der Waals surface area contributed by atoms with Gasteiger partial charge in [-0.25, -0.2) is 0 Å². The third kappa shape index (κ3) is 4.27. The molecule has 0 saturated heterocycles. The number of halogens is 3. The molecule has 1 aliphatic rings. The fourth-order valence-electron chi connectivity index (χ4n) is 2.46. The van der Waals surface area contributed by atoms with E-state index in [2.05, 4.69) is 12.3 Å². The number of aliphatic hydroxyl groups is 1. The molecule has 3 N–H and O–H groups in total. The van der Waals surface area contributed by atoms with Gasteiger partial charge in [0.05, 0.1) is 11.3 Å². The lowest BCUT2D eigenvalue weighted by Crippen LogP contribution is -2.49. The molecule has 0 bridgehead atoms. The first-order valence-electron chi connectivity index (χ1n) is 7.49. The Morgan fingerprint density at radius 3 is 2.67 bits per heavy atom. The van der Waals surface area contributed by atoms with Crippen LogP contribution in [0.5, 0.6) is 0 Å². The highest BCUT2D eigenvalue weighted by Crippen LogP contribution is 2.33. The molecular formula is C15H19F3N2O3S. The van der Waals surface area contributed by atoms with Crippen molar-refractivity contribution >= 4 is 23.2 Å². The number of carbonyl (C=O) groups excluding carboxylic acids is 2. The number of thiophene rings is 1. The van der Waals surface area contributed by atoms with Crippen molar-refractivity contribution in [3.8, 4) is 0 Å². The van der Waals surface area contributed by atoms with E-state index in [0.717, 1.165) is 29.7 Å². The van der Waals surface area contributed by atoms with Gasteiger partial charge in [0.15, 0.2) is 5.60 Å². The number of carbonyl (C=O) groups is 2. The maximum absolute atomic E-state index is 12.5. The molecule has 2 amide bonds. The fourth-order valence-corrected chi connectivity index (χ4v) is 3.57. The largest absolute Gasteiger partial charge is 0.417 e. The van der Waals surface area contributed by atoms with Gasteiger partial charge in [0.25, 0.3) is 5.91 Å². The van der Waals surface area contributed by atoms with Gasteiger partial charge in [-0.1, -0.05) is 6.92 Å². The number of fused-ring (bicyclic) bond motifs is 1. The first kappa shape index (κ1) is 18.7. The van der Waals surface area contributed by atoms with Crippen molar-refractivity contribution in [2.75, 3.05) is 0 Å². The van der Waals surface area contributed by atoms with Crippen molar-refractivity contribution in [1.29, 1.82) is 0 Å². The Morgan fingerprint density at radius 1 is 1.38 bits per heavy atom. The molecule has 1 aromatic heterocycles. The highest BCUT2D eigenvalue weighted by atomic mass is 32.1. The highest BCUT2D eigenvalue weighted by molar-refractivity contribution is 7.14. The van der Waals surface area contributed by atoms with Crippen molar-refractivity contribution in [2.45, 2.75) is 51.3 Å². The number of aryl methyl sites for hydroxylation is 1. The second kappa shape index (κ2) is 6.72. The molecule has 0 fully saturated rings. The molecule has 5 nitrogen and oxygen atoms in total. The van der Waals surface area contributed by atoms with Gasteiger partial charge in [-0.05, 0) is 43.7 Å². The Morgan fingerprint density at radius 2 is 2.04 bits per heavy atom. The monoisotopic (exact) mass is 364 g/mol. The van der Waals surface area contributed by atoms with Crippen LogP contribution < -0.4 is 10.9 Å². The predicted octanol–water partition coefficient (Wildman–Crippen LogP) is 2.34. The number of alkyl halides is 3. The van der Waals surface area contributed by atoms with Gasteiger partial charge in [-0.15, -0.1) is 11.3 Å². The zero-order valence-corrected chi connectivity index (χ0v) is 14.1. The molecule has 1 aliphatic carbocycles. The summed E-state index contributed by atoms with van der Waals surface area (Å²) in [6.07, 6.45) is -3.29. The number of amides is 2. The fraction of sp³-hybridized carbons (Fsp3) is 0.600. The molecule has 24 heavy (non-hydrogen) atoms. The SMILES string of the molecule is C[C@@H]1CCc2sc(C(=O)NNC(=O)C[C@](C)(O)C(F)(F)F)cc2C1. The topological polar surface area (TPSA) is 78.4 Å². The number of hydrogen-bond donors (Lipinski definition) is 3. The molecule has 134 valence electrons. The lowest BCUT2D eigenvalue weighted by Gasteiger charge is -2.25. The summed E-state index contributed by atoms with van der Waals surface area (Å²) in [6, 6.07) is 1.75. The minimum atomic E-state index is -4.93. The normalized spacial score (nSPS) is 20.0. The van der Waals surface area contributed by atoms with Crippen LogP contribution >= 0.6 is 11.3 Å². The van der Waals surface area contributed by atoms with Crippen molar-refractivity contribution in [2.24, 2.45) is 5.92 Å². The number of hydrazine groups is 1. The number of rotatable bonds is 3. The van der Waals surface area contributed by atoms with Crippen molar-refractivity contribution < 1.29 is 27.9 Å². The third-order valence-corrected chi connectivity index (χ3v) is 5.22. The lowest BCUT2D eigenvalue weighted by atomic mass is 9.90. The minimum absolute atomic E-state index is 0.400. The van der Waals surface area contributed by atoms with E-state index in [1.165, 1.54) is 11.3 Å². The van der Waals surface area contributed by atoms with Gasteiger partial charge in [0.1, 0.15) is 0 Å². The summed E-state index contributed by atoms with van der Waals surface area (Å²) in [5, 5.41) is 9.24. The molecule has 2 atom stereocenters. The first-order valence-corrected chi connectivity index (χ1v) is 8.31. The van der Waals surface area contributed by atoms with Crippen LogP contribution in [-0.4, -0.2) is 28.7 Å². The maximum atomic E-state index is 12.5. The highest BCUT2D eigenvalue weighted by Gasteiger charge is 2.51.